The first-order valence-electron chi connectivity index (χ1n) is 8.58. The number of nitrogens with one attached hydrogen (secondary N) is 2. The average molecular weight is 377 g/mol. The van der Waals surface area contributed by atoms with Gasteiger partial charge in [-0.15, -0.1) is 5.10 Å². The summed E-state index contributed by atoms with van der Waals surface area (Å²) in [6.45, 7) is 2.12. The van der Waals surface area contributed by atoms with Crippen LogP contribution in [0.1, 0.15) is 18.1 Å². The normalized spacial score (nSPS) is 10.4. The third-order valence-electron chi connectivity index (χ3n) is 3.95. The quantitative estimate of drug-likeness (QED) is 0.610. The van der Waals surface area contributed by atoms with Crippen LogP contribution in [-0.4, -0.2) is 26.8 Å². The van der Waals surface area contributed by atoms with Gasteiger partial charge in [0.25, 0.3) is 0 Å². The van der Waals surface area contributed by atoms with Crippen molar-refractivity contribution in [3.8, 4) is 17.5 Å². The van der Waals surface area contributed by atoms with E-state index in [9.17, 15) is 4.79 Å². The monoisotopic (exact) mass is 377 g/mol. The second kappa shape index (κ2) is 9.01. The van der Waals surface area contributed by atoms with Gasteiger partial charge in [0, 0.05) is 11.3 Å². The number of rotatable bonds is 7. The SMILES string of the molecule is CCc1ccc(-c2nc(SCC(=O)Nc3ccc(CC#N)cc3)n[nH]2)cc1. The van der Waals surface area contributed by atoms with Gasteiger partial charge in [-0.2, -0.15) is 5.26 Å². The Labute approximate surface area is 162 Å². The summed E-state index contributed by atoms with van der Waals surface area (Å²) < 4.78 is 0. The Bertz CT molecular complexity index is 942. The van der Waals surface area contributed by atoms with Gasteiger partial charge in [-0.05, 0) is 29.7 Å². The van der Waals surface area contributed by atoms with Gasteiger partial charge in [0.2, 0.25) is 11.1 Å². The predicted molar refractivity (Wildman–Crippen MR) is 106 cm³/mol. The third-order valence-corrected chi connectivity index (χ3v) is 4.80. The molecule has 2 N–H and O–H groups in total. The molecular weight excluding hydrogens is 358 g/mol. The second-order valence-electron chi connectivity index (χ2n) is 5.89. The molecule has 1 heterocycles. The van der Waals surface area contributed by atoms with Crippen LogP contribution in [0.2, 0.25) is 0 Å². The van der Waals surface area contributed by atoms with Crippen molar-refractivity contribution < 1.29 is 4.79 Å². The molecule has 136 valence electrons. The summed E-state index contributed by atoms with van der Waals surface area (Å²) in [5.41, 5.74) is 3.86. The molecule has 0 radical (unpaired) electrons. The number of anilines is 1. The van der Waals surface area contributed by atoms with Crippen molar-refractivity contribution >= 4 is 23.4 Å². The zero-order valence-electron chi connectivity index (χ0n) is 14.9. The number of amides is 1. The van der Waals surface area contributed by atoms with Crippen LogP contribution in [-0.2, 0) is 17.6 Å². The van der Waals surface area contributed by atoms with Gasteiger partial charge in [0.1, 0.15) is 0 Å². The summed E-state index contributed by atoms with van der Waals surface area (Å²) in [6.07, 6.45) is 1.35. The van der Waals surface area contributed by atoms with Gasteiger partial charge in [0.15, 0.2) is 5.82 Å². The van der Waals surface area contributed by atoms with Crippen molar-refractivity contribution in [3.63, 3.8) is 0 Å². The molecule has 0 atom stereocenters. The Morgan fingerprint density at radius 2 is 1.85 bits per heavy atom. The van der Waals surface area contributed by atoms with E-state index in [1.54, 1.807) is 12.1 Å². The average Bonchev–Trinajstić information content (AvgIpc) is 3.17. The van der Waals surface area contributed by atoms with Crippen LogP contribution < -0.4 is 5.32 Å². The number of nitriles is 1. The van der Waals surface area contributed by atoms with Crippen LogP contribution in [0.4, 0.5) is 5.69 Å². The molecule has 1 aromatic heterocycles. The molecule has 0 aliphatic heterocycles. The number of carbonyl (C=O) groups is 1. The van der Waals surface area contributed by atoms with E-state index in [1.165, 1.54) is 17.3 Å². The van der Waals surface area contributed by atoms with Gasteiger partial charge < -0.3 is 5.32 Å². The maximum atomic E-state index is 12.1. The summed E-state index contributed by atoms with van der Waals surface area (Å²) in [6, 6.07) is 17.5. The molecular formula is C20H19N5OS. The number of hydrogen-bond acceptors (Lipinski definition) is 5. The molecule has 2 aromatic carbocycles. The number of aromatic nitrogens is 3. The van der Waals surface area contributed by atoms with E-state index in [0.717, 1.165) is 17.5 Å². The van der Waals surface area contributed by atoms with Crippen LogP contribution in [0.15, 0.2) is 53.7 Å². The molecule has 7 heteroatoms. The van der Waals surface area contributed by atoms with E-state index in [0.29, 0.717) is 23.1 Å². The predicted octanol–water partition coefficient (Wildman–Crippen LogP) is 3.83. The summed E-state index contributed by atoms with van der Waals surface area (Å²) in [4.78, 5) is 16.5. The lowest BCUT2D eigenvalue weighted by Crippen LogP contribution is -2.14. The standard InChI is InChI=1S/C20H19N5OS/c1-2-14-3-7-16(8-4-14)19-23-20(25-24-19)27-13-18(26)22-17-9-5-15(6-10-17)11-12-21/h3-10H,2,11,13H2,1H3,(H,22,26)(H,23,24,25). The Morgan fingerprint density at radius 3 is 2.52 bits per heavy atom. The van der Waals surface area contributed by atoms with Gasteiger partial charge in [0.05, 0.1) is 18.2 Å². The molecule has 1 amide bonds. The van der Waals surface area contributed by atoms with Crippen molar-refractivity contribution in [3.05, 3.63) is 59.7 Å². The van der Waals surface area contributed by atoms with E-state index in [4.69, 9.17) is 5.26 Å². The van der Waals surface area contributed by atoms with Crippen LogP contribution in [0.5, 0.6) is 0 Å². The number of carbonyl (C=O) groups excluding carboxylic acids is 1. The molecule has 0 saturated heterocycles. The Kier molecular flexibility index (Phi) is 6.23. The van der Waals surface area contributed by atoms with E-state index < -0.39 is 0 Å². The molecule has 0 aliphatic carbocycles. The van der Waals surface area contributed by atoms with E-state index >= 15 is 0 Å². The lowest BCUT2D eigenvalue weighted by molar-refractivity contribution is -0.113. The van der Waals surface area contributed by atoms with Crippen LogP contribution in [0.25, 0.3) is 11.4 Å². The van der Waals surface area contributed by atoms with E-state index in [-0.39, 0.29) is 11.7 Å². The number of H-pyrrole nitrogens is 1. The lowest BCUT2D eigenvalue weighted by Gasteiger charge is -2.04. The number of hydrogen-bond donors (Lipinski definition) is 2. The van der Waals surface area contributed by atoms with Crippen molar-refractivity contribution in [2.45, 2.75) is 24.9 Å². The fourth-order valence-electron chi connectivity index (χ4n) is 2.46. The molecule has 27 heavy (non-hydrogen) atoms. The zero-order chi connectivity index (χ0) is 19.1. The highest BCUT2D eigenvalue weighted by molar-refractivity contribution is 7.99. The zero-order valence-corrected chi connectivity index (χ0v) is 15.7. The van der Waals surface area contributed by atoms with Gasteiger partial charge in [-0.1, -0.05) is 55.1 Å². The molecule has 0 fully saturated rings. The molecule has 6 nitrogen and oxygen atoms in total. The highest BCUT2D eigenvalue weighted by Gasteiger charge is 2.09. The molecule has 3 rings (SSSR count). The smallest absolute Gasteiger partial charge is 0.234 e. The van der Waals surface area contributed by atoms with Crippen molar-refractivity contribution in [2.75, 3.05) is 11.1 Å². The Hall–Kier alpha value is -3.11. The van der Waals surface area contributed by atoms with E-state index in [2.05, 4.69) is 45.6 Å². The van der Waals surface area contributed by atoms with Gasteiger partial charge in [-0.25, -0.2) is 4.98 Å². The minimum absolute atomic E-state index is 0.133. The topological polar surface area (TPSA) is 94.5 Å². The van der Waals surface area contributed by atoms with E-state index in [1.807, 2.05) is 24.3 Å². The van der Waals surface area contributed by atoms with Gasteiger partial charge in [-0.3, -0.25) is 9.89 Å². The number of thioether (sulfide) groups is 1. The molecule has 0 spiro atoms. The van der Waals surface area contributed by atoms with Crippen molar-refractivity contribution in [1.29, 1.82) is 5.26 Å². The highest BCUT2D eigenvalue weighted by atomic mass is 32.2. The Morgan fingerprint density at radius 1 is 1.15 bits per heavy atom. The summed E-state index contributed by atoms with van der Waals surface area (Å²) in [7, 11) is 0. The maximum absolute atomic E-state index is 12.1. The second-order valence-corrected chi connectivity index (χ2v) is 6.83. The number of aromatic amines is 1. The highest BCUT2D eigenvalue weighted by Crippen LogP contribution is 2.20. The van der Waals surface area contributed by atoms with Crippen LogP contribution >= 0.6 is 11.8 Å². The molecule has 0 aliphatic rings. The summed E-state index contributed by atoms with van der Waals surface area (Å²) in [5, 5.41) is 19.1. The van der Waals surface area contributed by atoms with Crippen molar-refractivity contribution in [1.82, 2.24) is 15.2 Å². The maximum Gasteiger partial charge on any atom is 0.234 e. The summed E-state index contributed by atoms with van der Waals surface area (Å²) >= 11 is 1.27. The number of aryl methyl sites for hydroxylation is 1. The molecule has 3 aromatic rings. The van der Waals surface area contributed by atoms with Crippen LogP contribution in [0.3, 0.4) is 0 Å². The third kappa shape index (κ3) is 5.19. The van der Waals surface area contributed by atoms with Crippen LogP contribution in [0, 0.1) is 11.3 Å². The first-order valence-corrected chi connectivity index (χ1v) is 9.56. The molecule has 0 unspecified atom stereocenters. The lowest BCUT2D eigenvalue weighted by atomic mass is 10.1. The van der Waals surface area contributed by atoms with Gasteiger partial charge >= 0.3 is 0 Å². The number of nitrogens with zero attached hydrogens (tertiary/aromatic N) is 3. The Balaban J connectivity index is 1.53. The minimum Gasteiger partial charge on any atom is -0.325 e. The largest absolute Gasteiger partial charge is 0.325 e. The first-order chi connectivity index (χ1) is 13.2. The fourth-order valence-corrected chi connectivity index (χ4v) is 3.06. The first kappa shape index (κ1) is 18.7. The van der Waals surface area contributed by atoms with Crippen molar-refractivity contribution in [2.24, 2.45) is 0 Å². The minimum atomic E-state index is -0.133. The summed E-state index contributed by atoms with van der Waals surface area (Å²) in [5.74, 6) is 0.770. The number of benzene rings is 2. The molecule has 0 bridgehead atoms. The fraction of sp³-hybridized carbons (Fsp3) is 0.200. The molecule has 0 saturated carbocycles.